The molecule has 1 aromatic carbocycles. The summed E-state index contributed by atoms with van der Waals surface area (Å²) < 4.78 is 26.2. The molecule has 2 aromatic rings. The zero-order valence-corrected chi connectivity index (χ0v) is 10.2. The average Bonchev–Trinajstić information content (AvgIpc) is 2.30. The van der Waals surface area contributed by atoms with Gasteiger partial charge in [0.2, 0.25) is 0 Å². The number of pyridine rings is 1. The Morgan fingerprint density at radius 2 is 1.68 bits per heavy atom. The average molecular weight is 291 g/mol. The molecule has 8 heteroatoms. The fourth-order valence-corrected chi connectivity index (χ4v) is 2.28. The Kier molecular flexibility index (Phi) is 7.02. The van der Waals surface area contributed by atoms with E-state index in [2.05, 4.69) is 9.71 Å². The van der Waals surface area contributed by atoms with E-state index < -0.39 is 10.0 Å². The number of nitrogens with zero attached hydrogens (tertiary/aromatic N) is 1. The van der Waals surface area contributed by atoms with Gasteiger partial charge in [0.1, 0.15) is 5.82 Å². The Balaban J connectivity index is 0.00000162. The molecular formula is C11H14N3NaO3S. The molecule has 0 bridgehead atoms. The molecule has 0 unspecified atom stereocenters. The van der Waals surface area contributed by atoms with E-state index in [-0.39, 0.29) is 45.7 Å². The van der Waals surface area contributed by atoms with Crippen molar-refractivity contribution < 1.29 is 13.9 Å². The van der Waals surface area contributed by atoms with Crippen LogP contribution in [0.4, 0.5) is 11.5 Å². The number of nitrogens with one attached hydrogen (secondary N) is 1. The molecule has 1 heterocycles. The Morgan fingerprint density at radius 3 is 2.21 bits per heavy atom. The fraction of sp³-hybridized carbons (Fsp3) is 0. The molecule has 0 spiro atoms. The van der Waals surface area contributed by atoms with E-state index in [9.17, 15) is 8.42 Å². The van der Waals surface area contributed by atoms with Gasteiger partial charge in [0.05, 0.1) is 4.90 Å². The van der Waals surface area contributed by atoms with Gasteiger partial charge in [-0.15, -0.1) is 0 Å². The number of hydrogen-bond donors (Lipinski definition) is 2. The molecule has 19 heavy (non-hydrogen) atoms. The Labute approximate surface area is 133 Å². The number of benzene rings is 1. The SMILES string of the molecule is Nc1ccc(S(=O)(=O)Nc2ccccn2)cc1.O.[NaH]. The van der Waals surface area contributed by atoms with Crippen LogP contribution in [0.2, 0.25) is 0 Å². The molecule has 0 radical (unpaired) electrons. The predicted octanol–water partition coefficient (Wildman–Crippen LogP) is -0.00860. The zero-order valence-electron chi connectivity index (χ0n) is 9.37. The van der Waals surface area contributed by atoms with Gasteiger partial charge < -0.3 is 11.2 Å². The monoisotopic (exact) mass is 291 g/mol. The number of rotatable bonds is 3. The van der Waals surface area contributed by atoms with E-state index in [1.54, 1.807) is 18.2 Å². The molecule has 6 nitrogen and oxygen atoms in total. The second-order valence-corrected chi connectivity index (χ2v) is 5.07. The number of anilines is 2. The Morgan fingerprint density at radius 1 is 1.05 bits per heavy atom. The van der Waals surface area contributed by atoms with Crippen molar-refractivity contribution in [1.29, 1.82) is 0 Å². The van der Waals surface area contributed by atoms with Crippen molar-refractivity contribution in [1.82, 2.24) is 4.98 Å². The van der Waals surface area contributed by atoms with Gasteiger partial charge in [-0.25, -0.2) is 13.4 Å². The van der Waals surface area contributed by atoms with E-state index in [1.165, 1.54) is 30.5 Å². The maximum atomic E-state index is 11.9. The first-order chi connectivity index (χ1) is 8.08. The number of nitrogen functional groups attached to an aromatic ring is 1. The Bertz CT molecular complexity index is 603. The van der Waals surface area contributed by atoms with Crippen molar-refractivity contribution in [2.75, 3.05) is 10.5 Å². The normalized spacial score (nSPS) is 9.89. The predicted molar refractivity (Wildman–Crippen MR) is 76.7 cm³/mol. The minimum absolute atomic E-state index is 0. The molecule has 98 valence electrons. The van der Waals surface area contributed by atoms with E-state index in [1.807, 2.05) is 0 Å². The summed E-state index contributed by atoms with van der Waals surface area (Å²) in [6, 6.07) is 10.9. The van der Waals surface area contributed by atoms with E-state index in [4.69, 9.17) is 5.73 Å². The third-order valence-corrected chi connectivity index (χ3v) is 3.46. The molecule has 0 aliphatic carbocycles. The third-order valence-electron chi connectivity index (χ3n) is 2.09. The van der Waals surface area contributed by atoms with Gasteiger partial charge in [0.25, 0.3) is 10.0 Å². The van der Waals surface area contributed by atoms with Crippen molar-refractivity contribution in [3.63, 3.8) is 0 Å². The zero-order chi connectivity index (χ0) is 12.3. The number of nitrogens with two attached hydrogens (primary N) is 1. The summed E-state index contributed by atoms with van der Waals surface area (Å²) in [6.07, 6.45) is 1.51. The maximum absolute atomic E-state index is 11.9. The number of sulfonamides is 1. The van der Waals surface area contributed by atoms with Crippen LogP contribution in [-0.4, -0.2) is 48.4 Å². The van der Waals surface area contributed by atoms with Crippen molar-refractivity contribution in [3.8, 4) is 0 Å². The van der Waals surface area contributed by atoms with Crippen LogP contribution in [0.25, 0.3) is 0 Å². The van der Waals surface area contributed by atoms with Gasteiger partial charge >= 0.3 is 29.6 Å². The van der Waals surface area contributed by atoms with Crippen LogP contribution in [0.1, 0.15) is 0 Å². The molecule has 0 saturated carbocycles. The molecule has 0 amide bonds. The van der Waals surface area contributed by atoms with Crippen molar-refractivity contribution >= 4 is 51.1 Å². The van der Waals surface area contributed by atoms with Crippen molar-refractivity contribution in [3.05, 3.63) is 48.7 Å². The molecule has 2 rings (SSSR count). The molecule has 0 atom stereocenters. The van der Waals surface area contributed by atoms with Crippen molar-refractivity contribution in [2.45, 2.75) is 4.90 Å². The van der Waals surface area contributed by atoms with Gasteiger partial charge in [0.15, 0.2) is 0 Å². The Hall–Kier alpha value is -1.12. The molecule has 1 aromatic heterocycles. The van der Waals surface area contributed by atoms with E-state index in [0.29, 0.717) is 5.69 Å². The third kappa shape index (κ3) is 4.81. The summed E-state index contributed by atoms with van der Waals surface area (Å²) in [6.45, 7) is 0. The first-order valence-corrected chi connectivity index (χ1v) is 6.36. The van der Waals surface area contributed by atoms with Crippen LogP contribution in [0.5, 0.6) is 0 Å². The number of aromatic nitrogens is 1. The van der Waals surface area contributed by atoms with Crippen LogP contribution in [0.15, 0.2) is 53.6 Å². The summed E-state index contributed by atoms with van der Waals surface area (Å²) in [5.41, 5.74) is 6.01. The van der Waals surface area contributed by atoms with Gasteiger partial charge in [0, 0.05) is 11.9 Å². The minimum atomic E-state index is -3.60. The molecule has 0 saturated heterocycles. The molecule has 0 fully saturated rings. The number of hydrogen-bond acceptors (Lipinski definition) is 4. The van der Waals surface area contributed by atoms with E-state index in [0.717, 1.165) is 0 Å². The molecule has 5 N–H and O–H groups in total. The summed E-state index contributed by atoms with van der Waals surface area (Å²) in [4.78, 5) is 4.04. The second-order valence-electron chi connectivity index (χ2n) is 3.39. The van der Waals surface area contributed by atoms with Gasteiger partial charge in [-0.2, -0.15) is 0 Å². The first kappa shape index (κ1) is 17.9. The topological polar surface area (TPSA) is 117 Å². The molecular weight excluding hydrogens is 277 g/mol. The fourth-order valence-electron chi connectivity index (χ4n) is 1.27. The summed E-state index contributed by atoms with van der Waals surface area (Å²) >= 11 is 0. The van der Waals surface area contributed by atoms with Gasteiger partial charge in [-0.05, 0) is 36.4 Å². The van der Waals surface area contributed by atoms with Crippen LogP contribution in [-0.2, 0) is 10.0 Å². The van der Waals surface area contributed by atoms with Crippen LogP contribution in [0.3, 0.4) is 0 Å². The van der Waals surface area contributed by atoms with Crippen LogP contribution in [0, 0.1) is 0 Å². The quantitative estimate of drug-likeness (QED) is 0.611. The second kappa shape index (κ2) is 7.46. The first-order valence-electron chi connectivity index (χ1n) is 4.87. The van der Waals surface area contributed by atoms with Crippen molar-refractivity contribution in [2.24, 2.45) is 0 Å². The van der Waals surface area contributed by atoms with Crippen LogP contribution < -0.4 is 10.5 Å². The van der Waals surface area contributed by atoms with Gasteiger partial charge in [-0.3, -0.25) is 4.72 Å². The van der Waals surface area contributed by atoms with Gasteiger partial charge in [-0.1, -0.05) is 6.07 Å². The standard InChI is InChI=1S/C11H11N3O2S.Na.H2O.H/c12-9-4-6-10(7-5-9)17(15,16)14-11-3-1-2-8-13-11;;;/h1-8H,12H2,(H,13,14);;1H2;. The molecule has 0 aliphatic heterocycles. The summed E-state index contributed by atoms with van der Waals surface area (Å²) in [5.74, 6) is 0.282. The molecule has 0 aliphatic rings. The summed E-state index contributed by atoms with van der Waals surface area (Å²) in [7, 11) is -3.60. The van der Waals surface area contributed by atoms with E-state index >= 15 is 0 Å². The van der Waals surface area contributed by atoms with Crippen LogP contribution >= 0.6 is 0 Å². The summed E-state index contributed by atoms with van der Waals surface area (Å²) in [5, 5.41) is 0.